The molecule has 0 amide bonds. The van der Waals surface area contributed by atoms with Crippen molar-refractivity contribution in [3.63, 3.8) is 0 Å². The van der Waals surface area contributed by atoms with Gasteiger partial charge in [0.05, 0.1) is 6.54 Å². The molecule has 0 aromatic heterocycles. The highest BCUT2D eigenvalue weighted by Gasteiger charge is 2.21. The quantitative estimate of drug-likeness (QED) is 0.868. The first-order valence-corrected chi connectivity index (χ1v) is 8.47. The molecule has 1 N–H and O–H groups in total. The lowest BCUT2D eigenvalue weighted by Crippen LogP contribution is -2.18. The summed E-state index contributed by atoms with van der Waals surface area (Å²) >= 11 is 7.31. The first-order chi connectivity index (χ1) is 8.05. The molecule has 1 aromatic carbocycles. The topological polar surface area (TPSA) is 50.7 Å². The van der Waals surface area contributed by atoms with Gasteiger partial charge in [0.2, 0.25) is 0 Å². The number of rotatable bonds is 3. The van der Waals surface area contributed by atoms with Gasteiger partial charge in [0.15, 0.2) is 5.17 Å². The smallest absolute Gasteiger partial charge is 0.339 e. The molecule has 0 aliphatic carbocycles. The summed E-state index contributed by atoms with van der Waals surface area (Å²) in [7, 11) is -2.92. The summed E-state index contributed by atoms with van der Waals surface area (Å²) in [6.07, 6.45) is 0. The molecule has 1 aromatic rings. The van der Waals surface area contributed by atoms with Gasteiger partial charge in [-0.05, 0) is 24.3 Å². The highest BCUT2D eigenvalue weighted by Crippen LogP contribution is 2.40. The van der Waals surface area contributed by atoms with Crippen LogP contribution in [0.4, 0.5) is 0 Å². The van der Waals surface area contributed by atoms with Gasteiger partial charge >= 0.3 is 7.52 Å². The largest absolute Gasteiger partial charge is 0.429 e. The van der Waals surface area contributed by atoms with Gasteiger partial charge in [-0.3, -0.25) is 14.6 Å². The molecule has 0 bridgehead atoms. The first kappa shape index (κ1) is 12.8. The number of hydrogen-bond donors (Lipinski definition) is 1. The molecule has 4 nitrogen and oxygen atoms in total. The van der Waals surface area contributed by atoms with E-state index < -0.39 is 7.52 Å². The molecule has 0 fully saturated rings. The summed E-state index contributed by atoms with van der Waals surface area (Å²) < 4.78 is 17.6. The first-order valence-electron chi connectivity index (χ1n) is 5.03. The Morgan fingerprint density at radius 1 is 1.47 bits per heavy atom. The zero-order valence-corrected chi connectivity index (χ0v) is 11.7. The number of nitrogens with zero attached hydrogens (tertiary/aromatic N) is 1. The van der Waals surface area contributed by atoms with Crippen LogP contribution in [0.5, 0.6) is 5.75 Å². The van der Waals surface area contributed by atoms with Gasteiger partial charge in [-0.1, -0.05) is 23.4 Å². The molecule has 0 spiro atoms. The Morgan fingerprint density at radius 2 is 2.18 bits per heavy atom. The normalized spacial score (nSPS) is 18.4. The average Bonchev–Trinajstić information content (AvgIpc) is 2.73. The highest BCUT2D eigenvalue weighted by atomic mass is 35.5. The monoisotopic (exact) mass is 290 g/mol. The molecule has 1 aliphatic heterocycles. The number of hydrogen-bond acceptors (Lipinski definition) is 4. The molecule has 1 atom stereocenters. The predicted molar refractivity (Wildman–Crippen MR) is 73.5 cm³/mol. The van der Waals surface area contributed by atoms with E-state index in [9.17, 15) is 4.57 Å². The number of thioether (sulfide) groups is 1. The van der Waals surface area contributed by atoms with Gasteiger partial charge in [-0.15, -0.1) is 0 Å². The molecule has 1 unspecified atom stereocenters. The summed E-state index contributed by atoms with van der Waals surface area (Å²) in [5, 5.41) is 4.13. The average molecular weight is 291 g/mol. The summed E-state index contributed by atoms with van der Waals surface area (Å²) in [5.74, 6) is 1.44. The minimum absolute atomic E-state index is 0.524. The van der Waals surface area contributed by atoms with Crippen LogP contribution in [0.1, 0.15) is 0 Å². The maximum absolute atomic E-state index is 12.2. The van der Waals surface area contributed by atoms with Crippen molar-refractivity contribution in [3.05, 3.63) is 29.3 Å². The molecule has 7 heteroatoms. The minimum Gasteiger partial charge on any atom is -0.429 e. The van der Waals surface area contributed by atoms with Gasteiger partial charge in [0.25, 0.3) is 0 Å². The Labute approximate surface area is 109 Å². The summed E-state index contributed by atoms with van der Waals surface area (Å²) in [6, 6.07) is 6.75. The van der Waals surface area contributed by atoms with Crippen LogP contribution in [0.25, 0.3) is 0 Å². The number of amidine groups is 1. The molecule has 17 heavy (non-hydrogen) atoms. The van der Waals surface area contributed by atoms with Crippen LogP contribution in [0, 0.1) is 0 Å². The molecule has 2 rings (SSSR count). The van der Waals surface area contributed by atoms with Crippen LogP contribution in [0.2, 0.25) is 5.02 Å². The number of nitrogens with one attached hydrogen (secondary N) is 1. The SMILES string of the molecule is CP(=O)(NC1=NCCS1)Oc1ccc(Cl)cc1. The van der Waals surface area contributed by atoms with Gasteiger partial charge < -0.3 is 4.52 Å². The second kappa shape index (κ2) is 5.34. The Bertz CT molecular complexity index is 478. The molecular formula is C10H12ClN2O2PS. The Morgan fingerprint density at radius 3 is 2.76 bits per heavy atom. The second-order valence-electron chi connectivity index (χ2n) is 3.54. The van der Waals surface area contributed by atoms with E-state index in [-0.39, 0.29) is 0 Å². The van der Waals surface area contributed by atoms with Gasteiger partial charge in [-0.2, -0.15) is 0 Å². The van der Waals surface area contributed by atoms with Crippen molar-refractivity contribution in [3.8, 4) is 5.75 Å². The lowest BCUT2D eigenvalue weighted by atomic mass is 10.3. The lowest BCUT2D eigenvalue weighted by molar-refractivity contribution is 0.484. The third-order valence-electron chi connectivity index (χ3n) is 1.98. The maximum Gasteiger partial charge on any atom is 0.339 e. The van der Waals surface area contributed by atoms with E-state index in [1.54, 1.807) is 36.0 Å². The standard InChI is InChI=1S/C10H12ClN2O2PS/c1-16(14,13-10-12-6-7-17-10)15-9-4-2-8(11)3-5-9/h2-5H,6-7H2,1H3,(H,12,13,14). The third kappa shape index (κ3) is 3.95. The van der Waals surface area contributed by atoms with Crippen molar-refractivity contribution in [2.45, 2.75) is 0 Å². The van der Waals surface area contributed by atoms with Crippen molar-refractivity contribution >= 4 is 36.1 Å². The molecule has 92 valence electrons. The van der Waals surface area contributed by atoms with Crippen LogP contribution < -0.4 is 9.61 Å². The Hall–Kier alpha value is -0.640. The third-order valence-corrected chi connectivity index (χ3v) is 4.45. The van der Waals surface area contributed by atoms with E-state index in [2.05, 4.69) is 10.1 Å². The van der Waals surface area contributed by atoms with Gasteiger partial charge in [0.1, 0.15) is 5.75 Å². The molecule has 0 saturated carbocycles. The van der Waals surface area contributed by atoms with Crippen molar-refractivity contribution in [1.82, 2.24) is 5.09 Å². The molecule has 0 radical (unpaired) electrons. The van der Waals surface area contributed by atoms with Crippen molar-refractivity contribution in [2.75, 3.05) is 19.0 Å². The van der Waals surface area contributed by atoms with E-state index in [1.165, 1.54) is 6.66 Å². The van der Waals surface area contributed by atoms with E-state index in [1.807, 2.05) is 0 Å². The van der Waals surface area contributed by atoms with E-state index >= 15 is 0 Å². The van der Waals surface area contributed by atoms with Crippen molar-refractivity contribution in [2.24, 2.45) is 4.99 Å². The van der Waals surface area contributed by atoms with Crippen LogP contribution in [-0.2, 0) is 4.57 Å². The van der Waals surface area contributed by atoms with Gasteiger partial charge in [0, 0.05) is 17.4 Å². The predicted octanol–water partition coefficient (Wildman–Crippen LogP) is 3.23. The number of halogens is 1. The fourth-order valence-electron chi connectivity index (χ4n) is 1.30. The fourth-order valence-corrected chi connectivity index (χ4v) is 3.72. The summed E-state index contributed by atoms with van der Waals surface area (Å²) in [4.78, 5) is 4.17. The molecular weight excluding hydrogens is 279 g/mol. The summed E-state index contributed by atoms with van der Waals surface area (Å²) in [5.41, 5.74) is 0. The highest BCUT2D eigenvalue weighted by molar-refractivity contribution is 8.14. The number of aliphatic imine (C=N–C) groups is 1. The maximum atomic E-state index is 12.2. The fraction of sp³-hybridized carbons (Fsp3) is 0.300. The Kier molecular flexibility index (Phi) is 4.02. The van der Waals surface area contributed by atoms with Crippen molar-refractivity contribution in [1.29, 1.82) is 0 Å². The van der Waals surface area contributed by atoms with Crippen LogP contribution >= 0.6 is 30.9 Å². The van der Waals surface area contributed by atoms with Crippen molar-refractivity contribution < 1.29 is 9.09 Å². The lowest BCUT2D eigenvalue weighted by Gasteiger charge is -2.16. The number of benzene rings is 1. The molecule has 1 aliphatic rings. The van der Waals surface area contributed by atoms with E-state index in [4.69, 9.17) is 16.1 Å². The van der Waals surface area contributed by atoms with E-state index in [0.717, 1.165) is 12.3 Å². The van der Waals surface area contributed by atoms with E-state index in [0.29, 0.717) is 15.9 Å². The molecule has 0 saturated heterocycles. The second-order valence-corrected chi connectivity index (χ2v) is 7.16. The minimum atomic E-state index is -2.92. The summed E-state index contributed by atoms with van der Waals surface area (Å²) in [6.45, 7) is 2.29. The van der Waals surface area contributed by atoms with Crippen LogP contribution in [-0.4, -0.2) is 24.1 Å². The van der Waals surface area contributed by atoms with Crippen LogP contribution in [0.3, 0.4) is 0 Å². The van der Waals surface area contributed by atoms with Gasteiger partial charge in [-0.25, -0.2) is 0 Å². The molecule has 1 heterocycles. The van der Waals surface area contributed by atoms with Crippen LogP contribution in [0.15, 0.2) is 29.3 Å². The zero-order chi connectivity index (χ0) is 12.3. The Balaban J connectivity index is 2.01. The zero-order valence-electron chi connectivity index (χ0n) is 9.22.